The van der Waals surface area contributed by atoms with Gasteiger partial charge in [-0.05, 0) is 24.3 Å². The standard InChI is InChI=1S/C17H17N3O3/c21-13-14-12-16(6-7-17(14)20(22)23)19-10-8-18(9-11-19)15-4-2-1-3-5-15/h1-7,12-13H,8-11H2. The zero-order valence-corrected chi connectivity index (χ0v) is 12.6. The highest BCUT2D eigenvalue weighted by Gasteiger charge is 2.20. The first-order chi connectivity index (χ1) is 11.2. The van der Waals surface area contributed by atoms with Crippen LogP contribution in [0.1, 0.15) is 10.4 Å². The Morgan fingerprint density at radius 2 is 1.52 bits per heavy atom. The SMILES string of the molecule is O=Cc1cc(N2CCN(c3ccccc3)CC2)ccc1[N+](=O)[O-]. The Kier molecular flexibility index (Phi) is 4.23. The lowest BCUT2D eigenvalue weighted by molar-refractivity contribution is -0.385. The number of benzene rings is 2. The van der Waals surface area contributed by atoms with Crippen molar-refractivity contribution in [1.82, 2.24) is 0 Å². The fourth-order valence-electron chi connectivity index (χ4n) is 2.86. The topological polar surface area (TPSA) is 66.7 Å². The number of para-hydroxylation sites is 1. The summed E-state index contributed by atoms with van der Waals surface area (Å²) in [5.41, 5.74) is 2.03. The second-order valence-corrected chi connectivity index (χ2v) is 5.43. The van der Waals surface area contributed by atoms with E-state index in [-0.39, 0.29) is 11.3 Å². The maximum absolute atomic E-state index is 11.1. The highest BCUT2D eigenvalue weighted by atomic mass is 16.6. The van der Waals surface area contributed by atoms with Crippen LogP contribution in [0.3, 0.4) is 0 Å². The molecular weight excluding hydrogens is 294 g/mol. The molecule has 0 saturated carbocycles. The third-order valence-electron chi connectivity index (χ3n) is 4.10. The van der Waals surface area contributed by atoms with Gasteiger partial charge in [-0.15, -0.1) is 0 Å². The van der Waals surface area contributed by atoms with Crippen LogP contribution in [0.5, 0.6) is 0 Å². The minimum atomic E-state index is -0.527. The van der Waals surface area contributed by atoms with E-state index in [1.165, 1.54) is 11.8 Å². The van der Waals surface area contributed by atoms with Gasteiger partial charge in [-0.1, -0.05) is 18.2 Å². The molecule has 1 aliphatic rings. The number of nitro benzene ring substituents is 1. The fourth-order valence-corrected chi connectivity index (χ4v) is 2.86. The second-order valence-electron chi connectivity index (χ2n) is 5.43. The molecule has 1 saturated heterocycles. The minimum Gasteiger partial charge on any atom is -0.368 e. The number of rotatable bonds is 4. The normalized spacial score (nSPS) is 14.6. The molecule has 2 aromatic rings. The number of anilines is 2. The molecule has 0 bridgehead atoms. The first-order valence-electron chi connectivity index (χ1n) is 7.47. The van der Waals surface area contributed by atoms with Crippen molar-refractivity contribution in [2.24, 2.45) is 0 Å². The van der Waals surface area contributed by atoms with E-state index >= 15 is 0 Å². The van der Waals surface area contributed by atoms with Gasteiger partial charge in [0.1, 0.15) is 0 Å². The smallest absolute Gasteiger partial charge is 0.280 e. The molecule has 1 aliphatic heterocycles. The van der Waals surface area contributed by atoms with Crippen molar-refractivity contribution in [3.05, 3.63) is 64.2 Å². The third-order valence-corrected chi connectivity index (χ3v) is 4.10. The lowest BCUT2D eigenvalue weighted by Crippen LogP contribution is -2.46. The summed E-state index contributed by atoms with van der Waals surface area (Å²) in [6, 6.07) is 14.9. The van der Waals surface area contributed by atoms with Gasteiger partial charge in [0, 0.05) is 43.6 Å². The Balaban J connectivity index is 1.73. The number of carbonyl (C=O) groups excluding carboxylic acids is 1. The average molecular weight is 311 g/mol. The second kappa shape index (κ2) is 6.48. The molecular formula is C17H17N3O3. The Bertz CT molecular complexity index is 710. The molecule has 0 radical (unpaired) electrons. The van der Waals surface area contributed by atoms with Crippen molar-refractivity contribution < 1.29 is 9.72 Å². The lowest BCUT2D eigenvalue weighted by Gasteiger charge is -2.37. The predicted molar refractivity (Wildman–Crippen MR) is 89.4 cm³/mol. The predicted octanol–water partition coefficient (Wildman–Crippen LogP) is 2.73. The van der Waals surface area contributed by atoms with E-state index in [0.29, 0.717) is 6.29 Å². The zero-order valence-electron chi connectivity index (χ0n) is 12.6. The summed E-state index contributed by atoms with van der Waals surface area (Å²) in [6.07, 6.45) is 0.544. The van der Waals surface area contributed by atoms with Crippen LogP contribution >= 0.6 is 0 Å². The van der Waals surface area contributed by atoms with E-state index in [9.17, 15) is 14.9 Å². The van der Waals surface area contributed by atoms with Gasteiger partial charge in [0.2, 0.25) is 0 Å². The highest BCUT2D eigenvalue weighted by Crippen LogP contribution is 2.25. The van der Waals surface area contributed by atoms with Crippen LogP contribution in [-0.2, 0) is 0 Å². The summed E-state index contributed by atoms with van der Waals surface area (Å²) in [6.45, 7) is 3.37. The van der Waals surface area contributed by atoms with Gasteiger partial charge in [0.15, 0.2) is 6.29 Å². The molecule has 0 atom stereocenters. The molecule has 0 aromatic heterocycles. The molecule has 0 unspecified atom stereocenters. The first kappa shape index (κ1) is 15.0. The number of piperazine rings is 1. The molecule has 1 heterocycles. The summed E-state index contributed by atoms with van der Waals surface area (Å²) >= 11 is 0. The summed E-state index contributed by atoms with van der Waals surface area (Å²) in [7, 11) is 0. The van der Waals surface area contributed by atoms with Gasteiger partial charge in [-0.25, -0.2) is 0 Å². The molecule has 1 fully saturated rings. The Hall–Kier alpha value is -2.89. The molecule has 0 N–H and O–H groups in total. The number of nitro groups is 1. The number of hydrogen-bond donors (Lipinski definition) is 0. The van der Waals surface area contributed by atoms with Crippen LogP contribution in [0.25, 0.3) is 0 Å². The molecule has 0 amide bonds. The lowest BCUT2D eigenvalue weighted by atomic mass is 10.1. The summed E-state index contributed by atoms with van der Waals surface area (Å²) in [5.74, 6) is 0. The molecule has 6 heteroatoms. The Morgan fingerprint density at radius 3 is 2.09 bits per heavy atom. The molecule has 3 rings (SSSR count). The molecule has 23 heavy (non-hydrogen) atoms. The van der Waals surface area contributed by atoms with Crippen LogP contribution in [0.4, 0.5) is 17.1 Å². The number of nitrogens with zero attached hydrogens (tertiary/aromatic N) is 3. The first-order valence-corrected chi connectivity index (χ1v) is 7.47. The number of carbonyl (C=O) groups is 1. The largest absolute Gasteiger partial charge is 0.368 e. The summed E-state index contributed by atoms with van der Waals surface area (Å²) in [4.78, 5) is 25.9. The van der Waals surface area contributed by atoms with Crippen molar-refractivity contribution in [3.63, 3.8) is 0 Å². The highest BCUT2D eigenvalue weighted by molar-refractivity contribution is 5.83. The minimum absolute atomic E-state index is 0.123. The van der Waals surface area contributed by atoms with E-state index in [0.717, 1.165) is 31.9 Å². The van der Waals surface area contributed by atoms with E-state index in [1.54, 1.807) is 12.1 Å². The average Bonchev–Trinajstić information content (AvgIpc) is 2.62. The summed E-state index contributed by atoms with van der Waals surface area (Å²) in [5, 5.41) is 10.9. The maximum atomic E-state index is 11.1. The number of aldehydes is 1. The van der Waals surface area contributed by atoms with Crippen molar-refractivity contribution in [2.45, 2.75) is 0 Å². The zero-order chi connectivity index (χ0) is 16.2. The monoisotopic (exact) mass is 311 g/mol. The van der Waals surface area contributed by atoms with E-state index < -0.39 is 4.92 Å². The van der Waals surface area contributed by atoms with Gasteiger partial charge in [0.25, 0.3) is 5.69 Å². The quantitative estimate of drug-likeness (QED) is 0.493. The summed E-state index contributed by atoms with van der Waals surface area (Å²) < 4.78 is 0. The van der Waals surface area contributed by atoms with Crippen LogP contribution in [0, 0.1) is 10.1 Å². The van der Waals surface area contributed by atoms with E-state index in [2.05, 4.69) is 21.9 Å². The molecule has 118 valence electrons. The van der Waals surface area contributed by atoms with E-state index in [1.807, 2.05) is 18.2 Å². The van der Waals surface area contributed by atoms with Gasteiger partial charge in [-0.3, -0.25) is 14.9 Å². The van der Waals surface area contributed by atoms with Crippen LogP contribution in [-0.4, -0.2) is 37.4 Å². The van der Waals surface area contributed by atoms with Gasteiger partial charge < -0.3 is 9.80 Å². The molecule has 0 spiro atoms. The molecule has 6 nitrogen and oxygen atoms in total. The van der Waals surface area contributed by atoms with Gasteiger partial charge in [0.05, 0.1) is 10.5 Å². The van der Waals surface area contributed by atoms with Crippen LogP contribution < -0.4 is 9.80 Å². The fraction of sp³-hybridized carbons (Fsp3) is 0.235. The Labute approximate surface area is 134 Å². The van der Waals surface area contributed by atoms with Crippen LogP contribution in [0.15, 0.2) is 48.5 Å². The van der Waals surface area contributed by atoms with Crippen LogP contribution in [0.2, 0.25) is 0 Å². The maximum Gasteiger partial charge on any atom is 0.280 e. The van der Waals surface area contributed by atoms with Crippen molar-refractivity contribution in [2.75, 3.05) is 36.0 Å². The van der Waals surface area contributed by atoms with E-state index in [4.69, 9.17) is 0 Å². The molecule has 0 aliphatic carbocycles. The van der Waals surface area contributed by atoms with Gasteiger partial charge >= 0.3 is 0 Å². The van der Waals surface area contributed by atoms with Crippen molar-refractivity contribution in [1.29, 1.82) is 0 Å². The third kappa shape index (κ3) is 3.15. The van der Waals surface area contributed by atoms with Crippen molar-refractivity contribution in [3.8, 4) is 0 Å². The van der Waals surface area contributed by atoms with Crippen molar-refractivity contribution >= 4 is 23.3 Å². The Morgan fingerprint density at radius 1 is 0.913 bits per heavy atom. The molecule has 2 aromatic carbocycles. The van der Waals surface area contributed by atoms with Gasteiger partial charge in [-0.2, -0.15) is 0 Å². The number of hydrogen-bond acceptors (Lipinski definition) is 5.